The van der Waals surface area contributed by atoms with Crippen LogP contribution >= 0.6 is 11.6 Å². The molecule has 0 unspecified atom stereocenters. The first-order chi connectivity index (χ1) is 12.0. The maximum Gasteiger partial charge on any atom is 0.306 e. The number of carboxylic acid groups (broad SMARTS) is 1. The zero-order valence-corrected chi connectivity index (χ0v) is 14.5. The Hall–Kier alpha value is -2.33. The number of amides is 1. The van der Waals surface area contributed by atoms with Gasteiger partial charge in [-0.25, -0.2) is 0 Å². The second kappa shape index (κ2) is 7.70. The van der Waals surface area contributed by atoms with Crippen LogP contribution in [0.4, 0.5) is 0 Å². The van der Waals surface area contributed by atoms with Gasteiger partial charge in [0, 0.05) is 6.04 Å². The van der Waals surface area contributed by atoms with E-state index in [2.05, 4.69) is 5.32 Å². The maximum atomic E-state index is 12.6. The number of carboxylic acids is 1. The monoisotopic (exact) mass is 357 g/mol. The van der Waals surface area contributed by atoms with E-state index in [1.807, 2.05) is 36.4 Å². The van der Waals surface area contributed by atoms with E-state index >= 15 is 0 Å². The van der Waals surface area contributed by atoms with Crippen LogP contribution in [0.25, 0.3) is 11.1 Å². The molecule has 25 heavy (non-hydrogen) atoms. The molecule has 0 heterocycles. The first-order valence-electron chi connectivity index (χ1n) is 8.43. The first kappa shape index (κ1) is 17.5. The first-order valence-corrected chi connectivity index (χ1v) is 8.81. The highest BCUT2D eigenvalue weighted by Crippen LogP contribution is 2.27. The Kier molecular flexibility index (Phi) is 5.39. The number of carbonyl (C=O) groups excluding carboxylic acids is 1. The predicted molar refractivity (Wildman–Crippen MR) is 97.7 cm³/mol. The number of hydrogen-bond donors (Lipinski definition) is 2. The molecule has 1 saturated carbocycles. The molecule has 5 heteroatoms. The molecule has 4 nitrogen and oxygen atoms in total. The van der Waals surface area contributed by atoms with Gasteiger partial charge in [-0.15, -0.1) is 0 Å². The van der Waals surface area contributed by atoms with Crippen LogP contribution in [0.2, 0.25) is 5.02 Å². The highest BCUT2D eigenvalue weighted by molar-refractivity contribution is 6.34. The molecule has 2 N–H and O–H groups in total. The standard InChI is InChI=1S/C20H20ClNO3/c21-18-11-8-15(13-4-2-1-3-5-13)12-17(18)19(23)22-16-9-6-14(7-10-16)20(24)25/h1-5,8,11-12,14,16H,6-7,9-10H2,(H,22,23)(H,24,25). The summed E-state index contributed by atoms with van der Waals surface area (Å²) in [6.07, 6.45) is 2.55. The van der Waals surface area contributed by atoms with Gasteiger partial charge in [-0.05, 0) is 48.9 Å². The third-order valence-corrected chi connectivity index (χ3v) is 5.06. The number of carbonyl (C=O) groups is 2. The minimum Gasteiger partial charge on any atom is -0.481 e. The van der Waals surface area contributed by atoms with Crippen molar-refractivity contribution >= 4 is 23.5 Å². The molecule has 130 valence electrons. The fraction of sp³-hybridized carbons (Fsp3) is 0.300. The van der Waals surface area contributed by atoms with Crippen molar-refractivity contribution in [2.45, 2.75) is 31.7 Å². The van der Waals surface area contributed by atoms with Gasteiger partial charge in [0.25, 0.3) is 5.91 Å². The van der Waals surface area contributed by atoms with Crippen molar-refractivity contribution in [3.8, 4) is 11.1 Å². The molecule has 0 bridgehead atoms. The van der Waals surface area contributed by atoms with Gasteiger partial charge in [-0.2, -0.15) is 0 Å². The quantitative estimate of drug-likeness (QED) is 0.853. The lowest BCUT2D eigenvalue weighted by atomic mass is 9.86. The largest absolute Gasteiger partial charge is 0.481 e. The molecule has 2 aromatic rings. The summed E-state index contributed by atoms with van der Waals surface area (Å²) in [5, 5.41) is 12.5. The minimum atomic E-state index is -0.747. The van der Waals surface area contributed by atoms with Crippen molar-refractivity contribution in [1.82, 2.24) is 5.32 Å². The zero-order chi connectivity index (χ0) is 17.8. The Bertz CT molecular complexity index is 768. The van der Waals surface area contributed by atoms with Crippen molar-refractivity contribution in [1.29, 1.82) is 0 Å². The van der Waals surface area contributed by atoms with E-state index in [1.165, 1.54) is 0 Å². The Morgan fingerprint density at radius 2 is 1.64 bits per heavy atom. The number of rotatable bonds is 4. The number of aliphatic carboxylic acids is 1. The molecule has 0 spiro atoms. The van der Waals surface area contributed by atoms with Gasteiger partial charge in [-0.1, -0.05) is 48.0 Å². The molecule has 0 aliphatic heterocycles. The molecule has 1 fully saturated rings. The molecule has 2 aromatic carbocycles. The zero-order valence-electron chi connectivity index (χ0n) is 13.7. The highest BCUT2D eigenvalue weighted by atomic mass is 35.5. The average Bonchev–Trinajstić information content (AvgIpc) is 2.63. The molecule has 3 rings (SSSR count). The summed E-state index contributed by atoms with van der Waals surface area (Å²) in [4.78, 5) is 23.6. The van der Waals surface area contributed by atoms with E-state index in [4.69, 9.17) is 16.7 Å². The van der Waals surface area contributed by atoms with Crippen LogP contribution in [0.15, 0.2) is 48.5 Å². The van der Waals surface area contributed by atoms with Gasteiger partial charge in [0.1, 0.15) is 0 Å². The Morgan fingerprint density at radius 1 is 0.960 bits per heavy atom. The molecule has 0 aromatic heterocycles. The summed E-state index contributed by atoms with van der Waals surface area (Å²) in [7, 11) is 0. The lowest BCUT2D eigenvalue weighted by molar-refractivity contribution is -0.142. The topological polar surface area (TPSA) is 66.4 Å². The van der Waals surface area contributed by atoms with Gasteiger partial charge in [0.05, 0.1) is 16.5 Å². The maximum absolute atomic E-state index is 12.6. The third kappa shape index (κ3) is 4.20. The average molecular weight is 358 g/mol. The fourth-order valence-electron chi connectivity index (χ4n) is 3.26. The summed E-state index contributed by atoms with van der Waals surface area (Å²) in [6.45, 7) is 0. The van der Waals surface area contributed by atoms with Crippen molar-refractivity contribution in [3.05, 3.63) is 59.1 Å². The Balaban J connectivity index is 1.71. The molecule has 0 radical (unpaired) electrons. The van der Waals surface area contributed by atoms with Crippen LogP contribution in [0.5, 0.6) is 0 Å². The number of benzene rings is 2. The molecular formula is C20H20ClNO3. The van der Waals surface area contributed by atoms with Gasteiger partial charge in [-0.3, -0.25) is 9.59 Å². The van der Waals surface area contributed by atoms with Gasteiger partial charge in [0.2, 0.25) is 0 Å². The van der Waals surface area contributed by atoms with Crippen molar-refractivity contribution in [3.63, 3.8) is 0 Å². The number of halogens is 1. The van der Waals surface area contributed by atoms with Gasteiger partial charge < -0.3 is 10.4 Å². The molecular weight excluding hydrogens is 338 g/mol. The SMILES string of the molecule is O=C(NC1CCC(C(=O)O)CC1)c1cc(-c2ccccc2)ccc1Cl. The van der Waals surface area contributed by atoms with Gasteiger partial charge in [0.15, 0.2) is 0 Å². The number of nitrogens with one attached hydrogen (secondary N) is 1. The van der Waals surface area contributed by atoms with Crippen LogP contribution in [-0.4, -0.2) is 23.0 Å². The predicted octanol–water partition coefficient (Wildman–Crippen LogP) is 4.38. The Labute approximate surface area is 151 Å². The summed E-state index contributed by atoms with van der Waals surface area (Å²) in [5.74, 6) is -1.25. The normalized spacial score (nSPS) is 20.0. The molecule has 0 atom stereocenters. The smallest absolute Gasteiger partial charge is 0.306 e. The molecule has 1 aliphatic carbocycles. The fourth-order valence-corrected chi connectivity index (χ4v) is 3.46. The van der Waals surface area contributed by atoms with E-state index in [1.54, 1.807) is 12.1 Å². The van der Waals surface area contributed by atoms with E-state index in [0.717, 1.165) is 11.1 Å². The highest BCUT2D eigenvalue weighted by Gasteiger charge is 2.27. The van der Waals surface area contributed by atoms with E-state index in [9.17, 15) is 9.59 Å². The molecule has 1 amide bonds. The summed E-state index contributed by atoms with van der Waals surface area (Å²) < 4.78 is 0. The summed E-state index contributed by atoms with van der Waals surface area (Å²) in [6, 6.07) is 15.2. The summed E-state index contributed by atoms with van der Waals surface area (Å²) >= 11 is 6.22. The van der Waals surface area contributed by atoms with Crippen LogP contribution in [0, 0.1) is 5.92 Å². The molecule has 0 saturated heterocycles. The Morgan fingerprint density at radius 3 is 2.28 bits per heavy atom. The van der Waals surface area contributed by atoms with Crippen LogP contribution in [0.3, 0.4) is 0 Å². The second-order valence-corrected chi connectivity index (χ2v) is 6.83. The van der Waals surface area contributed by atoms with Crippen LogP contribution in [0.1, 0.15) is 36.0 Å². The van der Waals surface area contributed by atoms with Crippen LogP contribution < -0.4 is 5.32 Å². The lowest BCUT2D eigenvalue weighted by Crippen LogP contribution is -2.38. The van der Waals surface area contributed by atoms with Crippen molar-refractivity contribution < 1.29 is 14.7 Å². The third-order valence-electron chi connectivity index (χ3n) is 4.73. The molecule has 1 aliphatic rings. The number of hydrogen-bond acceptors (Lipinski definition) is 2. The summed E-state index contributed by atoms with van der Waals surface area (Å²) in [5.41, 5.74) is 2.41. The van der Waals surface area contributed by atoms with Crippen molar-refractivity contribution in [2.75, 3.05) is 0 Å². The van der Waals surface area contributed by atoms with E-state index in [-0.39, 0.29) is 17.9 Å². The van der Waals surface area contributed by atoms with Crippen LogP contribution in [-0.2, 0) is 4.79 Å². The van der Waals surface area contributed by atoms with E-state index < -0.39 is 5.97 Å². The van der Waals surface area contributed by atoms with E-state index in [0.29, 0.717) is 36.3 Å². The minimum absolute atomic E-state index is 0.000418. The lowest BCUT2D eigenvalue weighted by Gasteiger charge is -2.27. The second-order valence-electron chi connectivity index (χ2n) is 6.42. The van der Waals surface area contributed by atoms with Gasteiger partial charge >= 0.3 is 5.97 Å². The van der Waals surface area contributed by atoms with Crippen molar-refractivity contribution in [2.24, 2.45) is 5.92 Å².